The van der Waals surface area contributed by atoms with Crippen molar-refractivity contribution in [2.45, 2.75) is 85.5 Å². The van der Waals surface area contributed by atoms with Gasteiger partial charge >= 0.3 is 0 Å². The molecule has 0 heterocycles. The highest BCUT2D eigenvalue weighted by Gasteiger charge is 2.55. The van der Waals surface area contributed by atoms with Crippen LogP contribution in [0.1, 0.15) is 88.8 Å². The number of aliphatic hydroxyl groups is 1. The molecule has 30 heavy (non-hydrogen) atoms. The van der Waals surface area contributed by atoms with Gasteiger partial charge < -0.3 is 5.11 Å². The first kappa shape index (κ1) is 22.1. The number of rotatable bonds is 6. The van der Waals surface area contributed by atoms with E-state index in [2.05, 4.69) is 59.4 Å². The van der Waals surface area contributed by atoms with E-state index in [9.17, 15) is 5.11 Å². The van der Waals surface area contributed by atoms with Crippen LogP contribution in [0.15, 0.2) is 30.4 Å². The molecule has 3 aliphatic carbocycles. The van der Waals surface area contributed by atoms with Crippen molar-refractivity contribution in [3.8, 4) is 0 Å². The van der Waals surface area contributed by atoms with E-state index >= 15 is 0 Å². The van der Waals surface area contributed by atoms with Crippen molar-refractivity contribution < 1.29 is 5.11 Å². The highest BCUT2D eigenvalue weighted by atomic mass is 16.3. The lowest BCUT2D eigenvalue weighted by Crippen LogP contribution is -2.43. The molecule has 2 fully saturated rings. The molecule has 4 rings (SSSR count). The van der Waals surface area contributed by atoms with E-state index in [4.69, 9.17) is 0 Å². The Morgan fingerprint density at radius 2 is 1.93 bits per heavy atom. The zero-order chi connectivity index (χ0) is 21.6. The van der Waals surface area contributed by atoms with Gasteiger partial charge in [-0.2, -0.15) is 0 Å². The molecule has 0 radical (unpaired) electrons. The van der Waals surface area contributed by atoms with Gasteiger partial charge in [-0.15, -0.1) is 0 Å². The van der Waals surface area contributed by atoms with Crippen LogP contribution in [0.2, 0.25) is 0 Å². The third-order valence-corrected chi connectivity index (χ3v) is 9.91. The molecule has 0 bridgehead atoms. The molecule has 1 heteroatoms. The molecule has 0 aliphatic heterocycles. The molecule has 3 aliphatic rings. The second-order valence-corrected chi connectivity index (χ2v) is 11.6. The van der Waals surface area contributed by atoms with Crippen molar-refractivity contribution in [2.75, 3.05) is 6.61 Å². The monoisotopic (exact) mass is 408 g/mol. The summed E-state index contributed by atoms with van der Waals surface area (Å²) < 4.78 is 0. The van der Waals surface area contributed by atoms with Crippen LogP contribution < -0.4 is 0 Å². The Morgan fingerprint density at radius 1 is 1.17 bits per heavy atom. The summed E-state index contributed by atoms with van der Waals surface area (Å²) in [5.74, 6) is 4.77. The lowest BCUT2D eigenvalue weighted by atomic mass is 9.52. The van der Waals surface area contributed by atoms with Crippen LogP contribution in [0.25, 0.3) is 0 Å². The van der Waals surface area contributed by atoms with E-state index in [0.717, 1.165) is 30.1 Å². The molecule has 1 aromatic rings. The van der Waals surface area contributed by atoms with Crippen LogP contribution in [0, 0.1) is 47.8 Å². The third-order valence-electron chi connectivity index (χ3n) is 9.91. The van der Waals surface area contributed by atoms with E-state index in [1.165, 1.54) is 49.7 Å². The van der Waals surface area contributed by atoms with Crippen molar-refractivity contribution in [3.05, 3.63) is 47.0 Å². The normalized spacial score (nSPS) is 34.8. The first-order chi connectivity index (χ1) is 14.3. The van der Waals surface area contributed by atoms with Gasteiger partial charge in [-0.3, -0.25) is 0 Å². The molecule has 0 amide bonds. The number of hydrogen-bond acceptors (Lipinski definition) is 1. The fraction of sp³-hybridized carbons (Fsp3) is 0.724. The standard InChI is InChI=1S/C29H44O/c1-18(2)21(5)22(17-30)16-20(4)27-12-13-28-26-11-10-23-19(3)8-7-9-24(23)25(26)14-15-29(27,28)6/h7-9,18,20,22,25-28,30H,5,10-17H2,1-4,6H3/t20-,22-,25-,26-,27-,28+,29-/m1/s1. The minimum atomic E-state index is 0.259. The summed E-state index contributed by atoms with van der Waals surface area (Å²) in [7, 11) is 0. The van der Waals surface area contributed by atoms with E-state index < -0.39 is 0 Å². The van der Waals surface area contributed by atoms with Gasteiger partial charge in [0, 0.05) is 12.5 Å². The number of aliphatic hydroxyl groups excluding tert-OH is 1. The van der Waals surface area contributed by atoms with Gasteiger partial charge in [-0.25, -0.2) is 0 Å². The predicted octanol–water partition coefficient (Wildman–Crippen LogP) is 7.31. The van der Waals surface area contributed by atoms with Crippen LogP contribution in [-0.2, 0) is 6.42 Å². The Balaban J connectivity index is 1.52. The lowest BCUT2D eigenvalue weighted by Gasteiger charge is -2.52. The maximum atomic E-state index is 10.0. The first-order valence-corrected chi connectivity index (χ1v) is 12.7. The summed E-state index contributed by atoms with van der Waals surface area (Å²) in [6.07, 6.45) is 9.36. The Kier molecular flexibility index (Phi) is 6.24. The fourth-order valence-corrected chi connectivity index (χ4v) is 8.20. The smallest absolute Gasteiger partial charge is 0.0496 e. The fourth-order valence-electron chi connectivity index (χ4n) is 8.20. The first-order valence-electron chi connectivity index (χ1n) is 12.7. The van der Waals surface area contributed by atoms with Gasteiger partial charge in [0.15, 0.2) is 0 Å². The van der Waals surface area contributed by atoms with Crippen molar-refractivity contribution in [3.63, 3.8) is 0 Å². The predicted molar refractivity (Wildman–Crippen MR) is 128 cm³/mol. The Hall–Kier alpha value is -1.08. The highest BCUT2D eigenvalue weighted by Crippen LogP contribution is 2.64. The van der Waals surface area contributed by atoms with Crippen LogP contribution in [0.3, 0.4) is 0 Å². The second kappa shape index (κ2) is 8.45. The summed E-state index contributed by atoms with van der Waals surface area (Å²) in [5.41, 5.74) is 6.60. The summed E-state index contributed by atoms with van der Waals surface area (Å²) in [4.78, 5) is 0. The van der Waals surface area contributed by atoms with Gasteiger partial charge in [0.05, 0.1) is 0 Å². The van der Waals surface area contributed by atoms with E-state index in [1.54, 1.807) is 11.1 Å². The maximum absolute atomic E-state index is 10.0. The van der Waals surface area contributed by atoms with E-state index in [1.807, 2.05) is 0 Å². The van der Waals surface area contributed by atoms with Crippen LogP contribution in [0.5, 0.6) is 0 Å². The van der Waals surface area contributed by atoms with Gasteiger partial charge in [0.25, 0.3) is 0 Å². The molecular formula is C29H44O. The second-order valence-electron chi connectivity index (χ2n) is 11.6. The van der Waals surface area contributed by atoms with Gasteiger partial charge in [0.1, 0.15) is 0 Å². The number of aryl methyl sites for hydroxylation is 1. The summed E-state index contributed by atoms with van der Waals surface area (Å²) in [6.45, 7) is 16.4. The molecule has 2 saturated carbocycles. The highest BCUT2D eigenvalue weighted by molar-refractivity contribution is 5.40. The van der Waals surface area contributed by atoms with Crippen molar-refractivity contribution >= 4 is 0 Å². The quantitative estimate of drug-likeness (QED) is 0.489. The molecule has 7 atom stereocenters. The number of hydrogen-bond donors (Lipinski definition) is 1. The van der Waals surface area contributed by atoms with Crippen LogP contribution >= 0.6 is 0 Å². The molecule has 1 aromatic carbocycles. The molecule has 0 unspecified atom stereocenters. The van der Waals surface area contributed by atoms with Gasteiger partial charge in [-0.1, -0.05) is 58.0 Å². The van der Waals surface area contributed by atoms with Crippen LogP contribution in [-0.4, -0.2) is 11.7 Å². The van der Waals surface area contributed by atoms with Crippen molar-refractivity contribution in [1.29, 1.82) is 0 Å². The zero-order valence-corrected chi connectivity index (χ0v) is 20.1. The average molecular weight is 409 g/mol. The Morgan fingerprint density at radius 3 is 2.63 bits per heavy atom. The number of fused-ring (bicyclic) bond motifs is 5. The van der Waals surface area contributed by atoms with Crippen molar-refractivity contribution in [2.24, 2.45) is 40.9 Å². The molecule has 0 aromatic heterocycles. The Labute approximate surface area is 185 Å². The van der Waals surface area contributed by atoms with Crippen LogP contribution in [0.4, 0.5) is 0 Å². The molecule has 0 spiro atoms. The summed E-state index contributed by atoms with van der Waals surface area (Å²) >= 11 is 0. The summed E-state index contributed by atoms with van der Waals surface area (Å²) in [5, 5.41) is 10.0. The third kappa shape index (κ3) is 3.60. The number of benzene rings is 1. The van der Waals surface area contributed by atoms with E-state index in [0.29, 0.717) is 17.3 Å². The largest absolute Gasteiger partial charge is 0.396 e. The molecule has 1 N–H and O–H groups in total. The molecule has 166 valence electrons. The van der Waals surface area contributed by atoms with E-state index in [-0.39, 0.29) is 12.5 Å². The average Bonchev–Trinajstić information content (AvgIpc) is 3.08. The lowest BCUT2D eigenvalue weighted by molar-refractivity contribution is 0.00685. The molecule has 1 nitrogen and oxygen atoms in total. The summed E-state index contributed by atoms with van der Waals surface area (Å²) in [6, 6.07) is 7.04. The SMILES string of the molecule is C=C(C(C)C)[C@@H](CO)C[C@@H](C)[C@H]1CC[C@H]2[C@@H]3CCc4c(C)cccc4[C@H]3CC[C@]12C. The maximum Gasteiger partial charge on any atom is 0.0496 e. The topological polar surface area (TPSA) is 20.2 Å². The van der Waals surface area contributed by atoms with Gasteiger partial charge in [0.2, 0.25) is 0 Å². The Bertz CT molecular complexity index is 777. The zero-order valence-electron chi connectivity index (χ0n) is 20.1. The van der Waals surface area contributed by atoms with Gasteiger partial charge in [-0.05, 0) is 109 Å². The van der Waals surface area contributed by atoms with Crippen molar-refractivity contribution in [1.82, 2.24) is 0 Å². The molecule has 0 saturated heterocycles. The molecular weight excluding hydrogens is 364 g/mol. The minimum Gasteiger partial charge on any atom is -0.396 e. The minimum absolute atomic E-state index is 0.259.